The van der Waals surface area contributed by atoms with Crippen LogP contribution >= 0.6 is 0 Å². The Labute approximate surface area is 141 Å². The van der Waals surface area contributed by atoms with Crippen LogP contribution in [-0.4, -0.2) is 44.7 Å². The van der Waals surface area contributed by atoms with Gasteiger partial charge in [0.2, 0.25) is 5.95 Å². The van der Waals surface area contributed by atoms with E-state index in [1.807, 2.05) is 18.7 Å². The van der Waals surface area contributed by atoms with Crippen molar-refractivity contribution in [3.63, 3.8) is 0 Å². The highest BCUT2D eigenvalue weighted by Gasteiger charge is 2.17. The van der Waals surface area contributed by atoms with Gasteiger partial charge in [0, 0.05) is 13.1 Å². The van der Waals surface area contributed by atoms with Crippen LogP contribution in [-0.2, 0) is 14.8 Å². The second-order valence-corrected chi connectivity index (χ2v) is 7.41. The molecule has 1 N–H and O–H groups in total. The van der Waals surface area contributed by atoms with Gasteiger partial charge in [0.05, 0.1) is 36.2 Å². The van der Waals surface area contributed by atoms with Crippen LogP contribution in [0.15, 0.2) is 35.5 Å². The number of rotatable bonds is 4. The first-order chi connectivity index (χ1) is 11.5. The third kappa shape index (κ3) is 3.65. The first kappa shape index (κ1) is 16.7. The molecule has 1 aromatic heterocycles. The van der Waals surface area contributed by atoms with Crippen molar-refractivity contribution in [3.05, 3.63) is 41.7 Å². The van der Waals surface area contributed by atoms with Crippen LogP contribution in [0.25, 0.3) is 0 Å². The smallest absolute Gasteiger partial charge is 0.262 e. The quantitative estimate of drug-likeness (QED) is 0.906. The Morgan fingerprint density at radius 2 is 1.75 bits per heavy atom. The van der Waals surface area contributed by atoms with Crippen molar-refractivity contribution in [3.8, 4) is 0 Å². The summed E-state index contributed by atoms with van der Waals surface area (Å²) in [4.78, 5) is 10.7. The molecule has 128 valence electrons. The Morgan fingerprint density at radius 3 is 2.38 bits per heavy atom. The SMILES string of the molecule is Cc1ccc(S(=O)(=O)Nc2cnc(N3CCOCC3)nc2)cc1C. The predicted octanol–water partition coefficient (Wildman–Crippen LogP) is 1.73. The molecule has 1 aliphatic rings. The maximum absolute atomic E-state index is 12.5. The molecule has 0 atom stereocenters. The number of ether oxygens (including phenoxy) is 1. The van der Waals surface area contributed by atoms with E-state index >= 15 is 0 Å². The Balaban J connectivity index is 1.76. The van der Waals surface area contributed by atoms with Gasteiger partial charge in [0.25, 0.3) is 10.0 Å². The second-order valence-electron chi connectivity index (χ2n) is 5.72. The Kier molecular flexibility index (Phi) is 4.68. The van der Waals surface area contributed by atoms with Gasteiger partial charge in [0.15, 0.2) is 0 Å². The van der Waals surface area contributed by atoms with Crippen LogP contribution in [0.2, 0.25) is 0 Å². The average molecular weight is 348 g/mol. The van der Waals surface area contributed by atoms with E-state index in [-0.39, 0.29) is 4.90 Å². The van der Waals surface area contributed by atoms with Crippen molar-refractivity contribution in [1.82, 2.24) is 9.97 Å². The van der Waals surface area contributed by atoms with Crippen molar-refractivity contribution >= 4 is 21.7 Å². The summed E-state index contributed by atoms with van der Waals surface area (Å²) < 4.78 is 32.7. The van der Waals surface area contributed by atoms with E-state index in [4.69, 9.17) is 4.74 Å². The molecule has 7 nitrogen and oxygen atoms in total. The number of anilines is 2. The third-order valence-electron chi connectivity index (χ3n) is 3.97. The lowest BCUT2D eigenvalue weighted by atomic mass is 10.1. The third-order valence-corrected chi connectivity index (χ3v) is 5.35. The van der Waals surface area contributed by atoms with E-state index in [2.05, 4.69) is 14.7 Å². The fraction of sp³-hybridized carbons (Fsp3) is 0.375. The fourth-order valence-electron chi connectivity index (χ4n) is 2.40. The summed E-state index contributed by atoms with van der Waals surface area (Å²) >= 11 is 0. The predicted molar refractivity (Wildman–Crippen MR) is 91.8 cm³/mol. The fourth-order valence-corrected chi connectivity index (χ4v) is 3.51. The average Bonchev–Trinajstić information content (AvgIpc) is 2.58. The molecule has 3 rings (SSSR count). The van der Waals surface area contributed by atoms with Crippen molar-refractivity contribution in [1.29, 1.82) is 0 Å². The van der Waals surface area contributed by atoms with Crippen molar-refractivity contribution in [2.45, 2.75) is 18.7 Å². The number of nitrogens with zero attached hydrogens (tertiary/aromatic N) is 3. The van der Waals surface area contributed by atoms with E-state index in [9.17, 15) is 8.42 Å². The molecule has 1 saturated heterocycles. The van der Waals surface area contributed by atoms with Crippen LogP contribution < -0.4 is 9.62 Å². The zero-order chi connectivity index (χ0) is 17.2. The molecule has 2 heterocycles. The molecule has 0 bridgehead atoms. The summed E-state index contributed by atoms with van der Waals surface area (Å²) in [6.45, 7) is 6.57. The van der Waals surface area contributed by atoms with Gasteiger partial charge in [-0.1, -0.05) is 6.07 Å². The van der Waals surface area contributed by atoms with Gasteiger partial charge >= 0.3 is 0 Å². The summed E-state index contributed by atoms with van der Waals surface area (Å²) in [7, 11) is -3.65. The molecule has 0 amide bonds. The van der Waals surface area contributed by atoms with Crippen molar-refractivity contribution in [2.24, 2.45) is 0 Å². The summed E-state index contributed by atoms with van der Waals surface area (Å²) in [6, 6.07) is 5.04. The summed E-state index contributed by atoms with van der Waals surface area (Å²) in [5.74, 6) is 0.576. The van der Waals surface area contributed by atoms with Crippen LogP contribution in [0.3, 0.4) is 0 Å². The minimum Gasteiger partial charge on any atom is -0.378 e. The van der Waals surface area contributed by atoms with Crippen molar-refractivity contribution < 1.29 is 13.2 Å². The second kappa shape index (κ2) is 6.74. The van der Waals surface area contributed by atoms with Gasteiger partial charge in [-0.15, -0.1) is 0 Å². The van der Waals surface area contributed by atoms with Crippen LogP contribution in [0.1, 0.15) is 11.1 Å². The van der Waals surface area contributed by atoms with E-state index in [1.165, 1.54) is 12.4 Å². The van der Waals surface area contributed by atoms with Gasteiger partial charge in [-0.25, -0.2) is 18.4 Å². The maximum Gasteiger partial charge on any atom is 0.262 e. The first-order valence-electron chi connectivity index (χ1n) is 7.70. The normalized spacial score (nSPS) is 15.3. The number of sulfonamides is 1. The molecule has 8 heteroatoms. The number of morpholine rings is 1. The highest BCUT2D eigenvalue weighted by molar-refractivity contribution is 7.92. The monoisotopic (exact) mass is 348 g/mol. The van der Waals surface area contributed by atoms with Gasteiger partial charge < -0.3 is 9.64 Å². The topological polar surface area (TPSA) is 84.4 Å². The zero-order valence-corrected chi connectivity index (χ0v) is 14.5. The van der Waals surface area contributed by atoms with E-state index in [0.29, 0.717) is 24.8 Å². The minimum atomic E-state index is -3.65. The molecule has 0 unspecified atom stereocenters. The molecule has 2 aromatic rings. The number of aryl methyl sites for hydroxylation is 2. The number of nitrogens with one attached hydrogen (secondary N) is 1. The number of aromatic nitrogens is 2. The lowest BCUT2D eigenvalue weighted by Gasteiger charge is -2.26. The molecule has 1 aliphatic heterocycles. The summed E-state index contributed by atoms with van der Waals surface area (Å²) in [5.41, 5.74) is 2.31. The van der Waals surface area contributed by atoms with Gasteiger partial charge in [-0.05, 0) is 37.1 Å². The van der Waals surface area contributed by atoms with Crippen LogP contribution in [0.5, 0.6) is 0 Å². The Bertz CT molecular complexity index is 816. The van der Waals surface area contributed by atoms with Gasteiger partial charge in [-0.3, -0.25) is 4.72 Å². The molecule has 0 radical (unpaired) electrons. The molecule has 1 fully saturated rings. The number of benzene rings is 1. The first-order valence-corrected chi connectivity index (χ1v) is 9.19. The Morgan fingerprint density at radius 1 is 1.08 bits per heavy atom. The maximum atomic E-state index is 12.5. The lowest BCUT2D eigenvalue weighted by Crippen LogP contribution is -2.37. The van der Waals surface area contributed by atoms with E-state index < -0.39 is 10.0 Å². The zero-order valence-electron chi connectivity index (χ0n) is 13.7. The molecular formula is C16H20N4O3S. The highest BCUT2D eigenvalue weighted by Crippen LogP contribution is 2.19. The minimum absolute atomic E-state index is 0.225. The summed E-state index contributed by atoms with van der Waals surface area (Å²) in [5, 5.41) is 0. The van der Waals surface area contributed by atoms with Gasteiger partial charge in [-0.2, -0.15) is 0 Å². The standard InChI is InChI=1S/C16H20N4O3S/c1-12-3-4-15(9-13(12)2)24(21,22)19-14-10-17-16(18-11-14)20-5-7-23-8-6-20/h3-4,9-11,19H,5-8H2,1-2H3. The molecule has 0 spiro atoms. The van der Waals surface area contributed by atoms with E-state index in [1.54, 1.807) is 18.2 Å². The lowest BCUT2D eigenvalue weighted by molar-refractivity contribution is 0.122. The molecule has 0 saturated carbocycles. The largest absolute Gasteiger partial charge is 0.378 e. The molecule has 0 aliphatic carbocycles. The van der Waals surface area contributed by atoms with Crippen LogP contribution in [0, 0.1) is 13.8 Å². The Hall–Kier alpha value is -2.19. The molecule has 24 heavy (non-hydrogen) atoms. The highest BCUT2D eigenvalue weighted by atomic mass is 32.2. The molecular weight excluding hydrogens is 328 g/mol. The number of hydrogen-bond acceptors (Lipinski definition) is 6. The van der Waals surface area contributed by atoms with Gasteiger partial charge in [0.1, 0.15) is 0 Å². The van der Waals surface area contributed by atoms with Crippen LogP contribution in [0.4, 0.5) is 11.6 Å². The number of hydrogen-bond donors (Lipinski definition) is 1. The van der Waals surface area contributed by atoms with E-state index in [0.717, 1.165) is 24.2 Å². The summed E-state index contributed by atoms with van der Waals surface area (Å²) in [6.07, 6.45) is 2.97. The molecule has 1 aromatic carbocycles. The van der Waals surface area contributed by atoms with Crippen molar-refractivity contribution in [2.75, 3.05) is 35.9 Å².